The molecule has 0 aliphatic carbocycles. The van der Waals surface area contributed by atoms with Gasteiger partial charge in [-0.3, -0.25) is 5.10 Å². The van der Waals surface area contributed by atoms with Gasteiger partial charge in [0.1, 0.15) is 0 Å². The molecule has 0 spiro atoms. The normalized spacial score (nSPS) is 20.1. The van der Waals surface area contributed by atoms with Crippen molar-refractivity contribution in [3.63, 3.8) is 0 Å². The summed E-state index contributed by atoms with van der Waals surface area (Å²) >= 11 is 5.70. The number of nitrogens with two attached hydrogens (primary N) is 1. The quantitative estimate of drug-likeness (QED) is 0.472. The van der Waals surface area contributed by atoms with Gasteiger partial charge in [0.2, 0.25) is 21.6 Å². The smallest absolute Gasteiger partial charge is 0.240 e. The fourth-order valence-electron chi connectivity index (χ4n) is 4.38. The molecule has 0 bridgehead atoms. The predicted octanol–water partition coefficient (Wildman–Crippen LogP) is 2.48. The molecule has 12 heteroatoms. The van der Waals surface area contributed by atoms with E-state index in [4.69, 9.17) is 22.1 Å². The second-order valence-electron chi connectivity index (χ2n) is 8.03. The molecule has 0 aromatic carbocycles. The van der Waals surface area contributed by atoms with Gasteiger partial charge in [0.05, 0.1) is 18.6 Å². The van der Waals surface area contributed by atoms with Crippen LogP contribution < -0.4 is 10.5 Å². The van der Waals surface area contributed by atoms with Crippen LogP contribution in [0.15, 0.2) is 18.5 Å². The number of piperidine rings is 1. The van der Waals surface area contributed by atoms with E-state index >= 15 is 0 Å². The third-order valence-corrected chi connectivity index (χ3v) is 8.07. The molecular formula is C20H28ClN7O3S. The molecule has 1 aliphatic rings. The Balaban J connectivity index is 1.74. The van der Waals surface area contributed by atoms with Crippen molar-refractivity contribution < 1.29 is 13.2 Å². The van der Waals surface area contributed by atoms with Crippen LogP contribution in [0.2, 0.25) is 0 Å². The number of hydrogen-bond acceptors (Lipinski definition) is 7. The Bertz CT molecular complexity index is 1180. The van der Waals surface area contributed by atoms with Gasteiger partial charge in [-0.1, -0.05) is 6.92 Å². The molecule has 0 radical (unpaired) electrons. The van der Waals surface area contributed by atoms with E-state index in [9.17, 15) is 8.42 Å². The molecule has 4 rings (SSSR count). The number of alkyl halides is 1. The van der Waals surface area contributed by atoms with Gasteiger partial charge in [-0.15, -0.1) is 16.7 Å². The number of nitrogens with zero attached hydrogens (tertiary/aromatic N) is 5. The van der Waals surface area contributed by atoms with Crippen LogP contribution >= 0.6 is 11.6 Å². The fourth-order valence-corrected chi connectivity index (χ4v) is 6.28. The Morgan fingerprint density at radius 1 is 1.41 bits per heavy atom. The highest BCUT2D eigenvalue weighted by atomic mass is 35.5. The number of anilines is 1. The Kier molecular flexibility index (Phi) is 6.59. The summed E-state index contributed by atoms with van der Waals surface area (Å²) in [6, 6.07) is 2.04. The molecule has 10 nitrogen and oxygen atoms in total. The number of sulfonamides is 1. The lowest BCUT2D eigenvalue weighted by atomic mass is 9.84. The molecule has 0 amide bonds. The number of ether oxygens (including phenoxy) is 1. The van der Waals surface area contributed by atoms with Crippen molar-refractivity contribution in [2.45, 2.75) is 32.6 Å². The third-order valence-electron chi connectivity index (χ3n) is 5.88. The van der Waals surface area contributed by atoms with E-state index in [0.29, 0.717) is 49.8 Å². The van der Waals surface area contributed by atoms with E-state index in [-0.39, 0.29) is 23.5 Å². The number of hydrogen-bond donors (Lipinski definition) is 2. The summed E-state index contributed by atoms with van der Waals surface area (Å²) in [4.78, 5) is 4.43. The number of H-pyrrole nitrogens is 1. The van der Waals surface area contributed by atoms with E-state index in [2.05, 4.69) is 27.2 Å². The SMILES string of the molecule is CCOc1c(-c2cn[nH]c2)cc([C@H]2CCN(S(=O)(=O)CCCCl)C[C@@H]2C)n2nc(N)nc12. The zero-order chi connectivity index (χ0) is 22.9. The molecule has 4 heterocycles. The van der Waals surface area contributed by atoms with E-state index in [1.807, 2.05) is 13.0 Å². The van der Waals surface area contributed by atoms with Crippen LogP contribution in [0.25, 0.3) is 16.8 Å². The second kappa shape index (κ2) is 9.24. The molecule has 0 saturated carbocycles. The van der Waals surface area contributed by atoms with Crippen LogP contribution in [0.1, 0.15) is 38.3 Å². The molecular weight excluding hydrogens is 454 g/mol. The van der Waals surface area contributed by atoms with Gasteiger partial charge in [0, 0.05) is 47.9 Å². The summed E-state index contributed by atoms with van der Waals surface area (Å²) in [5.41, 5.74) is 9.15. The molecule has 32 heavy (non-hydrogen) atoms. The molecule has 3 N–H and O–H groups in total. The standard InChI is InChI=1S/C20H28ClN7O3S/c1-3-31-18-16(14-10-23-24-11-14)9-17(28-19(18)25-20(22)26-28)15-5-7-27(12-13(15)2)32(29,30)8-4-6-21/h9-11,13,15H,3-8,12H2,1-2H3,(H2,22,26)(H,23,24)/t13-,15-/m0/s1. The van der Waals surface area contributed by atoms with Crippen LogP contribution in [0, 0.1) is 5.92 Å². The summed E-state index contributed by atoms with van der Waals surface area (Å²) in [5.74, 6) is 1.30. The van der Waals surface area contributed by atoms with Gasteiger partial charge in [-0.05, 0) is 31.7 Å². The first kappa shape index (κ1) is 22.8. The van der Waals surface area contributed by atoms with Gasteiger partial charge < -0.3 is 10.5 Å². The molecule has 3 aromatic rings. The molecule has 1 fully saturated rings. The maximum Gasteiger partial charge on any atom is 0.240 e. The molecule has 0 unspecified atom stereocenters. The highest BCUT2D eigenvalue weighted by Crippen LogP contribution is 2.40. The van der Waals surface area contributed by atoms with Crippen LogP contribution in [0.4, 0.5) is 5.95 Å². The number of fused-ring (bicyclic) bond motifs is 1. The monoisotopic (exact) mass is 481 g/mol. The van der Waals surface area contributed by atoms with E-state index in [1.54, 1.807) is 21.2 Å². The predicted molar refractivity (Wildman–Crippen MR) is 123 cm³/mol. The average molecular weight is 482 g/mol. The zero-order valence-corrected chi connectivity index (χ0v) is 19.7. The van der Waals surface area contributed by atoms with Crippen LogP contribution in [-0.4, -0.2) is 68.8 Å². The van der Waals surface area contributed by atoms with Gasteiger partial charge in [0.25, 0.3) is 0 Å². The van der Waals surface area contributed by atoms with Crippen molar-refractivity contribution in [2.75, 3.05) is 37.1 Å². The Morgan fingerprint density at radius 3 is 2.88 bits per heavy atom. The highest BCUT2D eigenvalue weighted by molar-refractivity contribution is 7.89. The first-order valence-corrected chi connectivity index (χ1v) is 12.8. The van der Waals surface area contributed by atoms with Crippen molar-refractivity contribution in [2.24, 2.45) is 5.92 Å². The van der Waals surface area contributed by atoms with Crippen molar-refractivity contribution >= 4 is 33.2 Å². The first-order valence-electron chi connectivity index (χ1n) is 10.7. The molecule has 174 valence electrons. The van der Waals surface area contributed by atoms with Crippen molar-refractivity contribution in [1.29, 1.82) is 0 Å². The minimum Gasteiger partial charge on any atom is -0.489 e. The average Bonchev–Trinajstić information content (AvgIpc) is 3.42. The summed E-state index contributed by atoms with van der Waals surface area (Å²) in [6.45, 7) is 5.32. The van der Waals surface area contributed by atoms with Crippen LogP contribution in [0.3, 0.4) is 0 Å². The maximum atomic E-state index is 12.7. The van der Waals surface area contributed by atoms with Crippen LogP contribution in [0.5, 0.6) is 5.75 Å². The largest absolute Gasteiger partial charge is 0.489 e. The molecule has 3 aromatic heterocycles. The number of nitrogen functional groups attached to an aromatic ring is 1. The topological polar surface area (TPSA) is 132 Å². The van der Waals surface area contributed by atoms with Gasteiger partial charge in [0.15, 0.2) is 5.75 Å². The van der Waals surface area contributed by atoms with E-state index in [0.717, 1.165) is 16.8 Å². The number of nitrogens with one attached hydrogen (secondary N) is 1. The van der Waals surface area contributed by atoms with Crippen molar-refractivity contribution in [3.05, 3.63) is 24.2 Å². The van der Waals surface area contributed by atoms with E-state index < -0.39 is 10.0 Å². The second-order valence-corrected chi connectivity index (χ2v) is 10.5. The Hall–Kier alpha value is -2.37. The zero-order valence-electron chi connectivity index (χ0n) is 18.2. The Morgan fingerprint density at radius 2 is 2.22 bits per heavy atom. The number of aromatic nitrogens is 5. The lowest BCUT2D eigenvalue weighted by molar-refractivity contribution is 0.243. The molecule has 1 saturated heterocycles. The van der Waals surface area contributed by atoms with Gasteiger partial charge >= 0.3 is 0 Å². The number of rotatable bonds is 8. The molecule has 1 aliphatic heterocycles. The van der Waals surface area contributed by atoms with Crippen LogP contribution in [-0.2, 0) is 10.0 Å². The first-order chi connectivity index (χ1) is 15.4. The summed E-state index contributed by atoms with van der Waals surface area (Å²) < 4.78 is 34.6. The Labute approximate surface area is 192 Å². The summed E-state index contributed by atoms with van der Waals surface area (Å²) in [6.07, 6.45) is 4.64. The van der Waals surface area contributed by atoms with Gasteiger partial charge in [-0.25, -0.2) is 17.2 Å². The lowest BCUT2D eigenvalue weighted by Gasteiger charge is -2.36. The third kappa shape index (κ3) is 4.28. The molecule has 2 atom stereocenters. The fraction of sp³-hybridized carbons (Fsp3) is 0.550. The number of pyridine rings is 1. The summed E-state index contributed by atoms with van der Waals surface area (Å²) in [5, 5.41) is 11.3. The lowest BCUT2D eigenvalue weighted by Crippen LogP contribution is -2.43. The van der Waals surface area contributed by atoms with Gasteiger partial charge in [-0.2, -0.15) is 10.1 Å². The maximum absolute atomic E-state index is 12.7. The minimum absolute atomic E-state index is 0.0679. The summed E-state index contributed by atoms with van der Waals surface area (Å²) in [7, 11) is -3.32. The number of aromatic amines is 1. The highest BCUT2D eigenvalue weighted by Gasteiger charge is 2.35. The minimum atomic E-state index is -3.32. The number of halogens is 1. The van der Waals surface area contributed by atoms with Crippen molar-refractivity contribution in [3.8, 4) is 16.9 Å². The van der Waals surface area contributed by atoms with Crippen molar-refractivity contribution in [1.82, 2.24) is 29.1 Å². The van der Waals surface area contributed by atoms with E-state index in [1.165, 1.54) is 0 Å².